The summed E-state index contributed by atoms with van der Waals surface area (Å²) in [6.07, 6.45) is 19.0. The fraction of sp³-hybridized carbons (Fsp3) is 0.500. The molecule has 0 aromatic heterocycles. The van der Waals surface area contributed by atoms with Gasteiger partial charge >= 0.3 is 21.7 Å². The molecule has 0 nitrogen and oxygen atoms in total. The summed E-state index contributed by atoms with van der Waals surface area (Å²) in [7, 11) is 0. The molecule has 1 unspecified atom stereocenters. The molecule has 1 radical (unpaired) electrons. The van der Waals surface area contributed by atoms with Gasteiger partial charge in [0.15, 0.2) is 0 Å². The largest absolute Gasteiger partial charge is 3.00 e. The zero-order valence-electron chi connectivity index (χ0n) is 12.5. The van der Waals surface area contributed by atoms with Crippen LogP contribution in [0.15, 0.2) is 41.5 Å². The van der Waals surface area contributed by atoms with Gasteiger partial charge < -0.3 is 24.8 Å². The number of hydrogen-bond donors (Lipinski definition) is 0. The van der Waals surface area contributed by atoms with Crippen molar-refractivity contribution < 1.29 is 46.5 Å². The molecule has 0 aromatic rings. The van der Waals surface area contributed by atoms with Gasteiger partial charge in [-0.25, -0.2) is 11.6 Å². The first-order chi connectivity index (χ1) is 8.04. The van der Waals surface area contributed by atoms with E-state index in [9.17, 15) is 0 Å². The fourth-order valence-electron chi connectivity index (χ4n) is 3.04. The Hall–Kier alpha value is 0.604. The molecule has 0 fully saturated rings. The third-order valence-corrected chi connectivity index (χ3v) is 5.95. The van der Waals surface area contributed by atoms with E-state index < -0.39 is 0 Å². The number of hydrogen-bond acceptors (Lipinski definition) is 1. The maximum atomic E-state index is 3.51. The van der Waals surface area contributed by atoms with Gasteiger partial charge in [-0.1, -0.05) is 37.6 Å². The van der Waals surface area contributed by atoms with Crippen LogP contribution in [0.25, 0.3) is 0 Å². The second-order valence-corrected chi connectivity index (χ2v) is 6.44. The van der Waals surface area contributed by atoms with Gasteiger partial charge in [-0.3, -0.25) is 6.08 Å². The minimum absolute atomic E-state index is 0. The van der Waals surface area contributed by atoms with Gasteiger partial charge in [-0.2, -0.15) is 17.8 Å². The summed E-state index contributed by atoms with van der Waals surface area (Å²) in [5, 5.41) is 0. The van der Waals surface area contributed by atoms with E-state index in [4.69, 9.17) is 0 Å². The Kier molecular flexibility index (Phi) is 10.2. The number of thioether (sulfide) groups is 1. The molecular formula is C16H21Cl2STi. The molecular weight excluding hydrogens is 343 g/mol. The van der Waals surface area contributed by atoms with E-state index in [1.807, 2.05) is 11.8 Å². The van der Waals surface area contributed by atoms with E-state index in [1.165, 1.54) is 11.1 Å². The topological polar surface area (TPSA) is 0 Å². The van der Waals surface area contributed by atoms with Crippen LogP contribution in [0.5, 0.6) is 0 Å². The molecule has 0 saturated carbocycles. The van der Waals surface area contributed by atoms with Crippen molar-refractivity contribution in [1.82, 2.24) is 0 Å². The third-order valence-electron chi connectivity index (χ3n) is 4.25. The SMILES string of the molecule is CSC1(C(C)(C)C2=[C-]CC=C2)CC=CC=C1C.[Cl-].[Cl-].[Ti+3]. The van der Waals surface area contributed by atoms with Crippen molar-refractivity contribution in [1.29, 1.82) is 0 Å². The summed E-state index contributed by atoms with van der Waals surface area (Å²) in [6.45, 7) is 6.98. The Labute approximate surface area is 155 Å². The summed E-state index contributed by atoms with van der Waals surface area (Å²) in [5.41, 5.74) is 2.98. The zero-order chi connectivity index (χ0) is 12.5. The maximum Gasteiger partial charge on any atom is 3.00 e. The van der Waals surface area contributed by atoms with Gasteiger partial charge in [0, 0.05) is 4.75 Å². The van der Waals surface area contributed by atoms with E-state index >= 15 is 0 Å². The van der Waals surface area contributed by atoms with Crippen LogP contribution in [-0.2, 0) is 21.7 Å². The average molecular weight is 364 g/mol. The van der Waals surface area contributed by atoms with Crippen molar-refractivity contribution in [3.05, 3.63) is 47.6 Å². The van der Waals surface area contributed by atoms with Gasteiger partial charge in [0.05, 0.1) is 0 Å². The molecule has 0 N–H and O–H groups in total. The van der Waals surface area contributed by atoms with Gasteiger partial charge in [-0.05, 0) is 25.0 Å². The van der Waals surface area contributed by atoms with Crippen molar-refractivity contribution in [3.63, 3.8) is 0 Å². The third kappa shape index (κ3) is 3.68. The molecule has 4 heteroatoms. The quantitative estimate of drug-likeness (QED) is 0.444. The maximum absolute atomic E-state index is 3.51. The zero-order valence-corrected chi connectivity index (χ0v) is 16.4. The molecule has 0 saturated heterocycles. The Morgan fingerprint density at radius 2 is 1.90 bits per heavy atom. The van der Waals surface area contributed by atoms with Crippen LogP contribution in [0, 0.1) is 11.5 Å². The number of rotatable bonds is 3. The Bertz CT molecular complexity index is 436. The summed E-state index contributed by atoms with van der Waals surface area (Å²) >= 11 is 1.98. The summed E-state index contributed by atoms with van der Waals surface area (Å²) < 4.78 is 0.179. The predicted molar refractivity (Wildman–Crippen MR) is 78.1 cm³/mol. The molecule has 0 aliphatic heterocycles. The molecule has 0 bridgehead atoms. The monoisotopic (exact) mass is 363 g/mol. The molecule has 0 amide bonds. The van der Waals surface area contributed by atoms with E-state index in [-0.39, 0.29) is 56.7 Å². The fourth-order valence-corrected chi connectivity index (χ4v) is 4.31. The van der Waals surface area contributed by atoms with Gasteiger partial charge in [0.25, 0.3) is 0 Å². The molecule has 1 atom stereocenters. The molecule has 0 spiro atoms. The molecule has 0 heterocycles. The van der Waals surface area contributed by atoms with Crippen molar-refractivity contribution in [3.8, 4) is 0 Å². The van der Waals surface area contributed by atoms with Crippen LogP contribution in [-0.4, -0.2) is 11.0 Å². The molecule has 0 aromatic carbocycles. The normalized spacial score (nSPS) is 24.0. The summed E-state index contributed by atoms with van der Waals surface area (Å²) in [6, 6.07) is 0. The van der Waals surface area contributed by atoms with Crippen LogP contribution in [0.3, 0.4) is 0 Å². The summed E-state index contributed by atoms with van der Waals surface area (Å²) in [4.78, 5) is 0. The predicted octanol–water partition coefficient (Wildman–Crippen LogP) is -1.28. The van der Waals surface area contributed by atoms with Crippen LogP contribution < -0.4 is 24.8 Å². The van der Waals surface area contributed by atoms with Crippen LogP contribution in [0.1, 0.15) is 33.6 Å². The molecule has 2 aliphatic carbocycles. The first-order valence-corrected chi connectivity index (χ1v) is 7.44. The molecule has 109 valence electrons. The first kappa shape index (κ1) is 22.9. The van der Waals surface area contributed by atoms with Crippen molar-refractivity contribution in [2.24, 2.45) is 5.41 Å². The van der Waals surface area contributed by atoms with E-state index in [2.05, 4.69) is 63.5 Å². The Morgan fingerprint density at radius 3 is 2.35 bits per heavy atom. The summed E-state index contributed by atoms with van der Waals surface area (Å²) in [5.74, 6) is 0. The van der Waals surface area contributed by atoms with Crippen molar-refractivity contribution >= 4 is 11.8 Å². The van der Waals surface area contributed by atoms with E-state index in [0.29, 0.717) is 0 Å². The second kappa shape index (κ2) is 8.90. The minimum atomic E-state index is 0. The average Bonchev–Trinajstić information content (AvgIpc) is 2.83. The van der Waals surface area contributed by atoms with E-state index in [1.54, 1.807) is 0 Å². The van der Waals surface area contributed by atoms with Crippen molar-refractivity contribution in [2.45, 2.75) is 38.4 Å². The molecule has 20 heavy (non-hydrogen) atoms. The Morgan fingerprint density at radius 1 is 1.25 bits per heavy atom. The number of allylic oxidation sites excluding steroid dienone is 7. The van der Waals surface area contributed by atoms with Crippen LogP contribution in [0.2, 0.25) is 0 Å². The van der Waals surface area contributed by atoms with Gasteiger partial charge in [0.2, 0.25) is 0 Å². The second-order valence-electron chi connectivity index (χ2n) is 5.34. The first-order valence-electron chi connectivity index (χ1n) is 6.21. The smallest absolute Gasteiger partial charge is 1.00 e. The van der Waals surface area contributed by atoms with Crippen LogP contribution >= 0.6 is 11.8 Å². The molecule has 2 rings (SSSR count). The molecule has 2 aliphatic rings. The standard InChI is InChI=1S/C16H21S.2ClH.Ti/c1-13-9-7-8-12-16(13,17-4)15(2,3)14-10-5-6-11-14;;;/h5,7-10H,6,12H2,1-4H3;2*1H;/q-1;;;+3/p-2. The minimum Gasteiger partial charge on any atom is -1.00 e. The number of halogens is 2. The van der Waals surface area contributed by atoms with Crippen molar-refractivity contribution in [2.75, 3.05) is 6.26 Å². The Balaban J connectivity index is 0. The van der Waals surface area contributed by atoms with Crippen LogP contribution in [0.4, 0.5) is 0 Å². The van der Waals surface area contributed by atoms with Gasteiger partial charge in [-0.15, -0.1) is 6.42 Å². The van der Waals surface area contributed by atoms with Gasteiger partial charge in [0.1, 0.15) is 0 Å². The van der Waals surface area contributed by atoms with E-state index in [0.717, 1.165) is 12.8 Å².